The molecule has 0 bridgehead atoms. The van der Waals surface area contributed by atoms with Crippen LogP contribution in [0.5, 0.6) is 0 Å². The molecular formula is C22H27F4N5O3. The van der Waals surface area contributed by atoms with Gasteiger partial charge < -0.3 is 25.4 Å². The van der Waals surface area contributed by atoms with Crippen LogP contribution in [0, 0.1) is 0 Å². The van der Waals surface area contributed by atoms with Crippen molar-refractivity contribution in [2.45, 2.75) is 51.5 Å². The van der Waals surface area contributed by atoms with E-state index in [-0.39, 0.29) is 30.1 Å². The number of amides is 2. The van der Waals surface area contributed by atoms with Gasteiger partial charge in [0.2, 0.25) is 5.95 Å². The van der Waals surface area contributed by atoms with Crippen LogP contribution in [0.25, 0.3) is 0 Å². The molecule has 3 aliphatic rings. The molecule has 3 heterocycles. The summed E-state index contributed by atoms with van der Waals surface area (Å²) in [5.74, 6) is 0.235. The Morgan fingerprint density at radius 3 is 2.50 bits per heavy atom. The minimum atomic E-state index is -4.72. The van der Waals surface area contributed by atoms with Crippen LogP contribution in [0.3, 0.4) is 0 Å². The molecule has 1 unspecified atom stereocenters. The molecule has 186 valence electrons. The third-order valence-electron chi connectivity index (χ3n) is 5.32. The summed E-state index contributed by atoms with van der Waals surface area (Å²) < 4.78 is 57.2. The Labute approximate surface area is 194 Å². The van der Waals surface area contributed by atoms with Crippen molar-refractivity contribution in [2.75, 3.05) is 29.9 Å². The first-order valence-corrected chi connectivity index (χ1v) is 10.8. The zero-order valence-corrected chi connectivity index (χ0v) is 19.0. The van der Waals surface area contributed by atoms with Crippen LogP contribution in [0.1, 0.15) is 33.6 Å². The average molecular weight is 485 g/mol. The number of carbonyl (C=O) groups excluding carboxylic acids is 1. The molecule has 1 saturated heterocycles. The second-order valence-corrected chi connectivity index (χ2v) is 8.25. The molecule has 1 aromatic rings. The van der Waals surface area contributed by atoms with Crippen molar-refractivity contribution in [3.63, 3.8) is 0 Å². The van der Waals surface area contributed by atoms with E-state index in [1.807, 2.05) is 0 Å². The molecule has 12 heteroatoms. The first-order chi connectivity index (χ1) is 16.0. The van der Waals surface area contributed by atoms with E-state index in [1.165, 1.54) is 35.9 Å². The van der Waals surface area contributed by atoms with Crippen LogP contribution >= 0.6 is 0 Å². The van der Waals surface area contributed by atoms with Crippen LogP contribution in [0.2, 0.25) is 0 Å². The van der Waals surface area contributed by atoms with E-state index in [0.717, 1.165) is 11.1 Å². The number of anilines is 2. The highest BCUT2D eigenvalue weighted by molar-refractivity contribution is 5.89. The van der Waals surface area contributed by atoms with Gasteiger partial charge in [-0.2, -0.15) is 13.2 Å². The van der Waals surface area contributed by atoms with Crippen molar-refractivity contribution < 1.29 is 32.2 Å². The lowest BCUT2D eigenvalue weighted by molar-refractivity contribution is -0.267. The molecule has 4 rings (SSSR count). The van der Waals surface area contributed by atoms with Gasteiger partial charge in [0.1, 0.15) is 17.7 Å². The Morgan fingerprint density at radius 2 is 1.91 bits per heavy atom. The fourth-order valence-corrected chi connectivity index (χ4v) is 3.49. The number of fused-ring (bicyclic) bond motifs is 1. The number of carbonyl (C=O) groups is 1. The van der Waals surface area contributed by atoms with Crippen LogP contribution in [0.4, 0.5) is 34.0 Å². The highest BCUT2D eigenvalue weighted by Crippen LogP contribution is 2.39. The molecule has 1 fully saturated rings. The third kappa shape index (κ3) is 5.49. The van der Waals surface area contributed by atoms with Crippen LogP contribution < -0.4 is 15.5 Å². The molecule has 1 atom stereocenters. The van der Waals surface area contributed by atoms with Crippen LogP contribution in [0.15, 0.2) is 47.3 Å². The Bertz CT molecular complexity index is 999. The smallest absolute Gasteiger partial charge is 0.420 e. The second-order valence-electron chi connectivity index (χ2n) is 8.25. The number of rotatable bonds is 4. The van der Waals surface area contributed by atoms with Crippen LogP contribution in [-0.4, -0.2) is 58.6 Å². The summed E-state index contributed by atoms with van der Waals surface area (Å²) in [5, 5.41) is 14.6. The topological polar surface area (TPSA) is 99.6 Å². The number of aromatic nitrogens is 2. The van der Waals surface area contributed by atoms with E-state index < -0.39 is 30.9 Å². The number of allylic oxidation sites excluding steroid dienone is 2. The average Bonchev–Trinajstić information content (AvgIpc) is 3.05. The van der Waals surface area contributed by atoms with Gasteiger partial charge in [-0.25, -0.2) is 19.2 Å². The normalized spacial score (nSPS) is 20.7. The quantitative estimate of drug-likeness (QED) is 0.558. The zero-order chi connectivity index (χ0) is 25.1. The van der Waals surface area contributed by atoms with Gasteiger partial charge in [-0.05, 0) is 24.6 Å². The number of halogens is 4. The number of alkyl halides is 3. The molecule has 0 radical (unpaired) electrons. The van der Waals surface area contributed by atoms with Gasteiger partial charge in [0.25, 0.3) is 0 Å². The summed E-state index contributed by atoms with van der Waals surface area (Å²) in [6.45, 7) is 4.82. The summed E-state index contributed by atoms with van der Waals surface area (Å²) >= 11 is 0. The number of hydrogen-bond donors (Lipinski definition) is 3. The number of β-amino-alcohol motifs (C(OH)–C–C–N with tert-alkyl or cyclic N) is 1. The van der Waals surface area contributed by atoms with Gasteiger partial charge in [-0.3, -0.25) is 0 Å². The Balaban J connectivity index is 0.00000103. The molecule has 3 N–H and O–H groups in total. The molecule has 1 aromatic heterocycles. The number of aliphatic hydroxyl groups is 1. The Morgan fingerprint density at radius 1 is 1.29 bits per heavy atom. The maximum absolute atomic E-state index is 13.4. The van der Waals surface area contributed by atoms with E-state index >= 15 is 0 Å². The summed E-state index contributed by atoms with van der Waals surface area (Å²) in [6, 6.07) is -0.566. The van der Waals surface area contributed by atoms with E-state index in [4.69, 9.17) is 4.74 Å². The largest absolute Gasteiger partial charge is 0.488 e. The maximum Gasteiger partial charge on any atom is 0.420 e. The predicted molar refractivity (Wildman–Crippen MR) is 118 cm³/mol. The van der Waals surface area contributed by atoms with Crippen molar-refractivity contribution in [2.24, 2.45) is 0 Å². The van der Waals surface area contributed by atoms with Gasteiger partial charge in [0, 0.05) is 12.0 Å². The first-order valence-electron chi connectivity index (χ1n) is 10.8. The lowest BCUT2D eigenvalue weighted by Crippen LogP contribution is -2.69. The predicted octanol–water partition coefficient (Wildman–Crippen LogP) is 3.98. The molecular weight excluding hydrogens is 458 g/mol. The summed E-state index contributed by atoms with van der Waals surface area (Å²) in [5.41, 5.74) is -1.01. The minimum absolute atomic E-state index is 0.0109. The Kier molecular flexibility index (Phi) is 7.49. The van der Waals surface area contributed by atoms with E-state index in [0.29, 0.717) is 12.2 Å². The van der Waals surface area contributed by atoms with Crippen molar-refractivity contribution in [3.05, 3.63) is 47.3 Å². The van der Waals surface area contributed by atoms with Crippen LogP contribution in [-0.2, 0) is 4.74 Å². The summed E-state index contributed by atoms with van der Waals surface area (Å²) in [7, 11) is 0. The molecule has 1 aliphatic carbocycles. The zero-order valence-electron chi connectivity index (χ0n) is 19.0. The molecule has 0 spiro atoms. The molecule has 0 aromatic carbocycles. The van der Waals surface area contributed by atoms with Crippen molar-refractivity contribution in [1.29, 1.82) is 0 Å². The summed E-state index contributed by atoms with van der Waals surface area (Å²) in [4.78, 5) is 21.1. The molecule has 0 saturated carbocycles. The van der Waals surface area contributed by atoms with E-state index in [2.05, 4.69) is 34.4 Å². The lowest BCUT2D eigenvalue weighted by Gasteiger charge is -2.46. The highest BCUT2D eigenvalue weighted by Gasteiger charge is 2.61. The van der Waals surface area contributed by atoms with E-state index in [1.54, 1.807) is 6.92 Å². The number of nitrogens with zero attached hydrogens (tertiary/aromatic N) is 3. The SMILES string of the molecule is CC1=C(CNC(=O)Nc2cnc(N3CC(O)(C(F)(F)F)C3)nc2)OC2CC=C(F)C=C12.CCC. The van der Waals surface area contributed by atoms with Gasteiger partial charge in [0.05, 0.1) is 37.7 Å². The van der Waals surface area contributed by atoms with Crippen molar-refractivity contribution in [1.82, 2.24) is 15.3 Å². The minimum Gasteiger partial charge on any atom is -0.488 e. The van der Waals surface area contributed by atoms with Gasteiger partial charge >= 0.3 is 12.2 Å². The third-order valence-corrected chi connectivity index (χ3v) is 5.32. The number of hydrogen-bond acceptors (Lipinski definition) is 6. The monoisotopic (exact) mass is 485 g/mol. The molecule has 2 aliphatic heterocycles. The van der Waals surface area contributed by atoms with Crippen molar-refractivity contribution >= 4 is 17.7 Å². The second kappa shape index (κ2) is 10.00. The number of ether oxygens (including phenoxy) is 1. The molecule has 8 nitrogen and oxygen atoms in total. The van der Waals surface area contributed by atoms with E-state index in [9.17, 15) is 27.5 Å². The van der Waals surface area contributed by atoms with Gasteiger partial charge in [0.15, 0.2) is 5.60 Å². The highest BCUT2D eigenvalue weighted by atomic mass is 19.4. The van der Waals surface area contributed by atoms with Gasteiger partial charge in [-0.1, -0.05) is 20.3 Å². The van der Waals surface area contributed by atoms with Gasteiger partial charge in [-0.15, -0.1) is 0 Å². The first kappa shape index (κ1) is 25.5. The summed E-state index contributed by atoms with van der Waals surface area (Å²) in [6.07, 6.45) is 2.05. The molecule has 2 amide bonds. The molecule has 34 heavy (non-hydrogen) atoms. The standard InChI is InChI=1S/C19H19F4N5O3.C3H8/c1-10-13-4-11(20)2-3-14(13)31-15(10)7-26-17(29)27-12-5-24-16(25-6-12)28-8-18(30,9-28)19(21,22)23;1-3-2/h2,4-6,14,30H,3,7-9H2,1H3,(H2,26,27,29);3H2,1-2H3. The lowest BCUT2D eigenvalue weighted by atomic mass is 9.94. The maximum atomic E-state index is 13.4. The van der Waals surface area contributed by atoms with Crippen molar-refractivity contribution in [3.8, 4) is 0 Å². The Hall–Kier alpha value is -3.15. The number of urea groups is 1. The fraction of sp³-hybridized carbons (Fsp3) is 0.500. The fourth-order valence-electron chi connectivity index (χ4n) is 3.49. The number of nitrogens with one attached hydrogen (secondary N) is 2.